The number of nitrogens with zero attached hydrogens (tertiary/aromatic N) is 2. The minimum atomic E-state index is -0.902. The zero-order chi connectivity index (χ0) is 21.1. The third-order valence-electron chi connectivity index (χ3n) is 4.49. The average Bonchev–Trinajstić information content (AvgIpc) is 2.76. The molecule has 1 heterocycles. The van der Waals surface area contributed by atoms with Gasteiger partial charge >= 0.3 is 0 Å². The minimum Gasteiger partial charge on any atom is -0.380 e. The molecule has 0 aliphatic carbocycles. The molecule has 0 amide bonds. The fraction of sp³-hybridized carbons (Fsp3) is 0.0833. The van der Waals surface area contributed by atoms with Crippen LogP contribution < -0.4 is 0 Å². The first-order chi connectivity index (χ1) is 14.5. The standard InChI is InChI=1S/C24H15F3N2O/c1-30-14-16-12-28-24(29-13-16)19-6-5-17(22(26)11-19)4-2-15-3-8-20-18(10-15)7-9-21(25)23(20)27/h3,5-13H,14H2,1H3. The van der Waals surface area contributed by atoms with Gasteiger partial charge in [0.25, 0.3) is 0 Å². The second kappa shape index (κ2) is 8.36. The van der Waals surface area contributed by atoms with Crippen LogP contribution in [0.3, 0.4) is 0 Å². The molecule has 0 fully saturated rings. The van der Waals surface area contributed by atoms with Crippen LogP contribution in [0.4, 0.5) is 13.2 Å². The van der Waals surface area contributed by atoms with E-state index >= 15 is 0 Å². The Hall–Kier alpha value is -3.69. The molecule has 3 aromatic carbocycles. The summed E-state index contributed by atoms with van der Waals surface area (Å²) in [5.74, 6) is 3.73. The molecule has 0 saturated heterocycles. The molecule has 1 aromatic heterocycles. The zero-order valence-corrected chi connectivity index (χ0v) is 15.9. The SMILES string of the molecule is COCc1cnc(-c2ccc(C#Cc3ccc4c(F)c(F)ccc4c3)c(F)c2)nc1. The first-order valence-electron chi connectivity index (χ1n) is 9.05. The number of fused-ring (bicyclic) bond motifs is 1. The summed E-state index contributed by atoms with van der Waals surface area (Å²) in [5.41, 5.74) is 2.13. The number of benzene rings is 3. The van der Waals surface area contributed by atoms with Crippen molar-refractivity contribution < 1.29 is 17.9 Å². The predicted octanol–water partition coefficient (Wildman–Crippen LogP) is 5.26. The van der Waals surface area contributed by atoms with Crippen LogP contribution in [0.2, 0.25) is 0 Å². The normalized spacial score (nSPS) is 10.7. The van der Waals surface area contributed by atoms with Gasteiger partial charge in [-0.25, -0.2) is 23.1 Å². The summed E-state index contributed by atoms with van der Waals surface area (Å²) < 4.78 is 46.6. The van der Waals surface area contributed by atoms with Crippen molar-refractivity contribution in [1.29, 1.82) is 0 Å². The Kier molecular flexibility index (Phi) is 5.46. The van der Waals surface area contributed by atoms with Crippen LogP contribution in [0.5, 0.6) is 0 Å². The molecule has 148 valence electrons. The van der Waals surface area contributed by atoms with E-state index in [0.717, 1.165) is 11.6 Å². The van der Waals surface area contributed by atoms with Crippen molar-refractivity contribution in [2.45, 2.75) is 6.61 Å². The Labute approximate surface area is 171 Å². The lowest BCUT2D eigenvalue weighted by atomic mass is 10.1. The monoisotopic (exact) mass is 404 g/mol. The second-order valence-corrected chi connectivity index (χ2v) is 6.59. The van der Waals surface area contributed by atoms with E-state index in [4.69, 9.17) is 4.74 Å². The smallest absolute Gasteiger partial charge is 0.166 e. The molecule has 0 bridgehead atoms. The van der Waals surface area contributed by atoms with Gasteiger partial charge in [0.1, 0.15) is 5.82 Å². The van der Waals surface area contributed by atoms with Gasteiger partial charge in [0.05, 0.1) is 12.2 Å². The maximum atomic E-state index is 14.5. The lowest BCUT2D eigenvalue weighted by Gasteiger charge is -2.03. The number of aromatic nitrogens is 2. The van der Waals surface area contributed by atoms with Crippen molar-refractivity contribution in [2.75, 3.05) is 7.11 Å². The summed E-state index contributed by atoms with van der Waals surface area (Å²) in [6.45, 7) is 0.402. The van der Waals surface area contributed by atoms with Gasteiger partial charge in [0.2, 0.25) is 0 Å². The van der Waals surface area contributed by atoms with Crippen LogP contribution in [0.15, 0.2) is 60.9 Å². The number of ether oxygens (including phenoxy) is 1. The molecule has 0 aliphatic rings. The average molecular weight is 404 g/mol. The van der Waals surface area contributed by atoms with Gasteiger partial charge in [-0.15, -0.1) is 0 Å². The summed E-state index contributed by atoms with van der Waals surface area (Å²) in [5, 5.41) is 0.693. The largest absolute Gasteiger partial charge is 0.380 e. The number of methoxy groups -OCH3 is 1. The number of hydrogen-bond donors (Lipinski definition) is 0. The summed E-state index contributed by atoms with van der Waals surface area (Å²) in [4.78, 5) is 8.45. The fourth-order valence-corrected chi connectivity index (χ4v) is 2.98. The zero-order valence-electron chi connectivity index (χ0n) is 15.9. The maximum absolute atomic E-state index is 14.5. The molecule has 0 atom stereocenters. The molecule has 4 aromatic rings. The molecule has 0 aliphatic heterocycles. The van der Waals surface area contributed by atoms with Crippen LogP contribution in [0, 0.1) is 29.3 Å². The quantitative estimate of drug-likeness (QED) is 0.437. The highest BCUT2D eigenvalue weighted by Gasteiger charge is 2.08. The Bertz CT molecular complexity index is 1290. The molecule has 0 radical (unpaired) electrons. The van der Waals surface area contributed by atoms with Crippen molar-refractivity contribution in [1.82, 2.24) is 9.97 Å². The molecule has 0 saturated carbocycles. The van der Waals surface area contributed by atoms with Crippen molar-refractivity contribution in [3.8, 4) is 23.2 Å². The van der Waals surface area contributed by atoms with Gasteiger partial charge in [-0.05, 0) is 41.8 Å². The van der Waals surface area contributed by atoms with Gasteiger partial charge in [-0.1, -0.05) is 24.0 Å². The van der Waals surface area contributed by atoms with Gasteiger partial charge in [0.15, 0.2) is 17.5 Å². The molecule has 0 unspecified atom stereocenters. The third-order valence-corrected chi connectivity index (χ3v) is 4.49. The highest BCUT2D eigenvalue weighted by Crippen LogP contribution is 2.22. The summed E-state index contributed by atoms with van der Waals surface area (Å²) in [6.07, 6.45) is 3.26. The number of rotatable bonds is 3. The Morgan fingerprint density at radius 3 is 2.40 bits per heavy atom. The van der Waals surface area contributed by atoms with E-state index in [1.165, 1.54) is 18.2 Å². The highest BCUT2D eigenvalue weighted by atomic mass is 19.2. The van der Waals surface area contributed by atoms with Gasteiger partial charge in [0, 0.05) is 41.6 Å². The Balaban J connectivity index is 1.60. The third kappa shape index (κ3) is 4.02. The van der Waals surface area contributed by atoms with E-state index in [-0.39, 0.29) is 10.9 Å². The summed E-state index contributed by atoms with van der Waals surface area (Å²) >= 11 is 0. The van der Waals surface area contributed by atoms with Crippen molar-refractivity contribution in [3.05, 3.63) is 95.1 Å². The van der Waals surface area contributed by atoms with Gasteiger partial charge < -0.3 is 4.74 Å². The van der Waals surface area contributed by atoms with E-state index in [9.17, 15) is 13.2 Å². The molecule has 0 N–H and O–H groups in total. The first kappa shape index (κ1) is 19.6. The van der Waals surface area contributed by atoms with E-state index in [1.54, 1.807) is 43.8 Å². The maximum Gasteiger partial charge on any atom is 0.166 e. The van der Waals surface area contributed by atoms with E-state index < -0.39 is 17.5 Å². The van der Waals surface area contributed by atoms with E-state index in [0.29, 0.717) is 28.9 Å². The molecular weight excluding hydrogens is 389 g/mol. The van der Waals surface area contributed by atoms with Crippen molar-refractivity contribution >= 4 is 10.8 Å². The second-order valence-electron chi connectivity index (χ2n) is 6.59. The number of halogens is 3. The summed E-state index contributed by atoms with van der Waals surface area (Å²) in [6, 6.07) is 11.8. The van der Waals surface area contributed by atoms with Crippen molar-refractivity contribution in [2.24, 2.45) is 0 Å². The topological polar surface area (TPSA) is 35.0 Å². The molecule has 4 rings (SSSR count). The van der Waals surface area contributed by atoms with Crippen LogP contribution >= 0.6 is 0 Å². The lowest BCUT2D eigenvalue weighted by molar-refractivity contribution is 0.184. The number of hydrogen-bond acceptors (Lipinski definition) is 3. The minimum absolute atomic E-state index is 0.174. The van der Waals surface area contributed by atoms with E-state index in [2.05, 4.69) is 21.8 Å². The van der Waals surface area contributed by atoms with E-state index in [1.807, 2.05) is 0 Å². The molecule has 30 heavy (non-hydrogen) atoms. The summed E-state index contributed by atoms with van der Waals surface area (Å²) in [7, 11) is 1.58. The van der Waals surface area contributed by atoms with Crippen molar-refractivity contribution in [3.63, 3.8) is 0 Å². The predicted molar refractivity (Wildman–Crippen MR) is 108 cm³/mol. The van der Waals surface area contributed by atoms with Gasteiger partial charge in [-0.3, -0.25) is 0 Å². The van der Waals surface area contributed by atoms with Crippen LogP contribution in [-0.2, 0) is 11.3 Å². The van der Waals surface area contributed by atoms with Crippen LogP contribution in [0.25, 0.3) is 22.2 Å². The molecular formula is C24H15F3N2O. The molecule has 6 heteroatoms. The Morgan fingerprint density at radius 2 is 1.67 bits per heavy atom. The van der Waals surface area contributed by atoms with Gasteiger partial charge in [-0.2, -0.15) is 0 Å². The van der Waals surface area contributed by atoms with Crippen LogP contribution in [0.1, 0.15) is 16.7 Å². The lowest BCUT2D eigenvalue weighted by Crippen LogP contribution is -1.95. The first-order valence-corrected chi connectivity index (χ1v) is 9.05. The van der Waals surface area contributed by atoms with Crippen LogP contribution in [-0.4, -0.2) is 17.1 Å². The fourth-order valence-electron chi connectivity index (χ4n) is 2.98. The molecule has 3 nitrogen and oxygen atoms in total. The molecule has 0 spiro atoms. The Morgan fingerprint density at radius 1 is 0.867 bits per heavy atom. The highest BCUT2D eigenvalue weighted by molar-refractivity contribution is 5.84.